The van der Waals surface area contributed by atoms with Gasteiger partial charge in [-0.2, -0.15) is 0 Å². The van der Waals surface area contributed by atoms with Gasteiger partial charge < -0.3 is 9.47 Å². The van der Waals surface area contributed by atoms with Gasteiger partial charge in [-0.25, -0.2) is 0 Å². The highest BCUT2D eigenvalue weighted by molar-refractivity contribution is 5.79. The summed E-state index contributed by atoms with van der Waals surface area (Å²) >= 11 is 0. The van der Waals surface area contributed by atoms with Crippen LogP contribution in [0.1, 0.15) is 35.4 Å². The number of ether oxygens (including phenoxy) is 2. The van der Waals surface area contributed by atoms with E-state index in [0.29, 0.717) is 0 Å². The molecule has 0 spiro atoms. The van der Waals surface area contributed by atoms with Gasteiger partial charge in [0.2, 0.25) is 0 Å². The lowest BCUT2D eigenvalue weighted by Crippen LogP contribution is -2.46. The van der Waals surface area contributed by atoms with Crippen LogP contribution in [-0.2, 0) is 9.47 Å². The van der Waals surface area contributed by atoms with Crippen LogP contribution < -0.4 is 0 Å². The van der Waals surface area contributed by atoms with Crippen LogP contribution in [0.25, 0.3) is 5.57 Å². The van der Waals surface area contributed by atoms with Crippen molar-refractivity contribution in [3.63, 3.8) is 0 Å². The molecule has 2 heteroatoms. The molecule has 0 heterocycles. The summed E-state index contributed by atoms with van der Waals surface area (Å²) in [5, 5.41) is 0. The fourth-order valence-corrected chi connectivity index (χ4v) is 5.88. The first kappa shape index (κ1) is 19.8. The minimum absolute atomic E-state index is 0.0128. The van der Waals surface area contributed by atoms with Gasteiger partial charge in [0.15, 0.2) is 0 Å². The summed E-state index contributed by atoms with van der Waals surface area (Å²) in [6.45, 7) is 2.32. The number of fused-ring (bicyclic) bond motifs is 1. The lowest BCUT2D eigenvalue weighted by Gasteiger charge is -2.43. The Labute approximate surface area is 184 Å². The van der Waals surface area contributed by atoms with E-state index in [1.165, 1.54) is 22.3 Å². The van der Waals surface area contributed by atoms with Gasteiger partial charge in [-0.05, 0) is 34.4 Å². The molecule has 3 aromatic rings. The van der Waals surface area contributed by atoms with Crippen LogP contribution in [0.3, 0.4) is 0 Å². The summed E-state index contributed by atoms with van der Waals surface area (Å²) < 4.78 is 12.5. The summed E-state index contributed by atoms with van der Waals surface area (Å²) in [6.07, 6.45) is 4.69. The van der Waals surface area contributed by atoms with Gasteiger partial charge in [0.25, 0.3) is 0 Å². The van der Waals surface area contributed by atoms with Crippen molar-refractivity contribution in [1.82, 2.24) is 0 Å². The van der Waals surface area contributed by atoms with Gasteiger partial charge in [-0.3, -0.25) is 0 Å². The van der Waals surface area contributed by atoms with Crippen molar-refractivity contribution in [1.29, 1.82) is 0 Å². The van der Waals surface area contributed by atoms with E-state index in [1.807, 2.05) is 7.11 Å². The molecule has 2 aliphatic rings. The van der Waals surface area contributed by atoms with Crippen molar-refractivity contribution in [2.45, 2.75) is 24.4 Å². The predicted octanol–water partition coefficient (Wildman–Crippen LogP) is 6.59. The molecular formula is C29H28O2. The molecule has 0 saturated heterocycles. The lowest BCUT2D eigenvalue weighted by atomic mass is 9.65. The zero-order valence-electron chi connectivity index (χ0n) is 18.3. The Hall–Kier alpha value is -3.10. The first-order chi connectivity index (χ1) is 15.1. The molecule has 0 aromatic heterocycles. The van der Waals surface area contributed by atoms with E-state index in [0.717, 1.165) is 5.76 Å². The Kier molecular flexibility index (Phi) is 4.83. The highest BCUT2D eigenvalue weighted by Gasteiger charge is 2.65. The second-order valence-electron chi connectivity index (χ2n) is 8.68. The fraction of sp³-hybridized carbons (Fsp3) is 0.241. The highest BCUT2D eigenvalue weighted by Crippen LogP contribution is 2.68. The SMILES string of the molecule is COC1=CC2(C)C(c3ccccc3)C(c3ccccc3)=CC2(OC)C1c1ccccc1. The minimum Gasteiger partial charge on any atom is -0.501 e. The molecule has 0 bridgehead atoms. The first-order valence-corrected chi connectivity index (χ1v) is 10.8. The average Bonchev–Trinajstić information content (AvgIpc) is 3.23. The van der Waals surface area contributed by atoms with Gasteiger partial charge >= 0.3 is 0 Å². The standard InChI is InChI=1S/C29H28O2/c1-28-20-25(30-2)27(23-17-11-6-12-18-23)29(28,31-3)19-24(21-13-7-4-8-14-21)26(28)22-15-9-5-10-16-22/h4-20,26-27H,1-3H3. The molecule has 2 aliphatic carbocycles. The first-order valence-electron chi connectivity index (χ1n) is 10.8. The average molecular weight is 409 g/mol. The summed E-state index contributed by atoms with van der Waals surface area (Å²) in [5.41, 5.74) is 4.19. The van der Waals surface area contributed by atoms with Crippen LogP contribution in [-0.4, -0.2) is 19.8 Å². The lowest BCUT2D eigenvalue weighted by molar-refractivity contribution is -0.0477. The summed E-state index contributed by atoms with van der Waals surface area (Å²) in [6, 6.07) is 32.1. The Morgan fingerprint density at radius 2 is 1.16 bits per heavy atom. The molecule has 156 valence electrons. The van der Waals surface area contributed by atoms with Gasteiger partial charge in [0, 0.05) is 18.4 Å². The Morgan fingerprint density at radius 3 is 1.68 bits per heavy atom. The molecule has 0 fully saturated rings. The van der Waals surface area contributed by atoms with E-state index < -0.39 is 5.60 Å². The van der Waals surface area contributed by atoms with Gasteiger partial charge in [0.05, 0.1) is 13.0 Å². The van der Waals surface area contributed by atoms with Gasteiger partial charge in [0.1, 0.15) is 11.4 Å². The molecule has 4 unspecified atom stereocenters. The fourth-order valence-electron chi connectivity index (χ4n) is 5.88. The molecule has 0 aliphatic heterocycles. The quantitative estimate of drug-likeness (QED) is 0.474. The molecular weight excluding hydrogens is 380 g/mol. The van der Waals surface area contributed by atoms with Crippen molar-refractivity contribution >= 4 is 5.57 Å². The number of methoxy groups -OCH3 is 2. The van der Waals surface area contributed by atoms with E-state index in [1.54, 1.807) is 7.11 Å². The molecule has 0 N–H and O–H groups in total. The highest BCUT2D eigenvalue weighted by atomic mass is 16.5. The monoisotopic (exact) mass is 408 g/mol. The van der Waals surface area contributed by atoms with E-state index in [4.69, 9.17) is 9.47 Å². The van der Waals surface area contributed by atoms with Crippen molar-refractivity contribution in [2.24, 2.45) is 5.41 Å². The Morgan fingerprint density at radius 1 is 0.645 bits per heavy atom. The smallest absolute Gasteiger partial charge is 0.110 e. The van der Waals surface area contributed by atoms with Gasteiger partial charge in [-0.15, -0.1) is 0 Å². The zero-order valence-corrected chi connectivity index (χ0v) is 18.3. The predicted molar refractivity (Wildman–Crippen MR) is 126 cm³/mol. The molecule has 0 amide bonds. The van der Waals surface area contributed by atoms with Crippen LogP contribution in [0.4, 0.5) is 0 Å². The van der Waals surface area contributed by atoms with E-state index in [-0.39, 0.29) is 17.3 Å². The third-order valence-corrected chi connectivity index (χ3v) is 7.22. The topological polar surface area (TPSA) is 18.5 Å². The molecule has 4 atom stereocenters. The summed E-state index contributed by atoms with van der Waals surface area (Å²) in [5.74, 6) is 1.11. The maximum atomic E-state index is 6.52. The van der Waals surface area contributed by atoms with E-state index in [9.17, 15) is 0 Å². The molecule has 2 nitrogen and oxygen atoms in total. The Bertz CT molecular complexity index is 1120. The number of benzene rings is 3. The second kappa shape index (κ2) is 7.55. The van der Waals surface area contributed by atoms with Crippen molar-refractivity contribution in [2.75, 3.05) is 14.2 Å². The van der Waals surface area contributed by atoms with Crippen LogP contribution >= 0.6 is 0 Å². The zero-order chi connectivity index (χ0) is 21.5. The van der Waals surface area contributed by atoms with E-state index in [2.05, 4.69) is 110 Å². The number of hydrogen-bond acceptors (Lipinski definition) is 2. The van der Waals surface area contributed by atoms with Crippen LogP contribution in [0.5, 0.6) is 0 Å². The van der Waals surface area contributed by atoms with Crippen molar-refractivity contribution < 1.29 is 9.47 Å². The minimum atomic E-state index is -0.550. The molecule has 31 heavy (non-hydrogen) atoms. The maximum absolute atomic E-state index is 6.52. The van der Waals surface area contributed by atoms with Crippen LogP contribution in [0.15, 0.2) is 109 Å². The van der Waals surface area contributed by atoms with Crippen LogP contribution in [0.2, 0.25) is 0 Å². The third-order valence-electron chi connectivity index (χ3n) is 7.22. The number of hydrogen-bond donors (Lipinski definition) is 0. The molecule has 3 aromatic carbocycles. The number of rotatable bonds is 5. The number of allylic oxidation sites excluding steroid dienone is 1. The maximum Gasteiger partial charge on any atom is 0.110 e. The van der Waals surface area contributed by atoms with Crippen LogP contribution in [0, 0.1) is 5.41 Å². The third kappa shape index (κ3) is 2.82. The normalized spacial score (nSPS) is 29.3. The van der Waals surface area contributed by atoms with Crippen molar-refractivity contribution in [3.8, 4) is 0 Å². The Balaban J connectivity index is 1.78. The molecule has 5 rings (SSSR count). The summed E-state index contributed by atoms with van der Waals surface area (Å²) in [4.78, 5) is 0. The van der Waals surface area contributed by atoms with Crippen molar-refractivity contribution in [3.05, 3.63) is 126 Å². The summed E-state index contributed by atoms with van der Waals surface area (Å²) in [7, 11) is 3.61. The second-order valence-corrected chi connectivity index (χ2v) is 8.68. The van der Waals surface area contributed by atoms with Gasteiger partial charge in [-0.1, -0.05) is 97.9 Å². The largest absolute Gasteiger partial charge is 0.501 e. The molecule has 0 radical (unpaired) electrons. The van der Waals surface area contributed by atoms with E-state index >= 15 is 0 Å². The molecule has 0 saturated carbocycles.